The van der Waals surface area contributed by atoms with Gasteiger partial charge in [-0.05, 0) is 44.5 Å². The number of benzene rings is 1. The zero-order valence-corrected chi connectivity index (χ0v) is 13.6. The minimum atomic E-state index is -2.77. The van der Waals surface area contributed by atoms with Gasteiger partial charge in [0.15, 0.2) is 9.84 Å². The highest BCUT2D eigenvalue weighted by Gasteiger charge is 2.30. The molecule has 0 amide bonds. The largest absolute Gasteiger partial charge is 0.302 e. The number of hydrogen-bond donors (Lipinski definition) is 0. The lowest BCUT2D eigenvalue weighted by atomic mass is 10.1. The minimum Gasteiger partial charge on any atom is -0.302 e. The Labute approximate surface area is 124 Å². The number of sulfone groups is 1. The summed E-state index contributed by atoms with van der Waals surface area (Å²) in [5.74, 6) is 0.685. The maximum atomic E-state index is 11.5. The number of rotatable bonds is 5. The molecule has 0 aliphatic carbocycles. The summed E-state index contributed by atoms with van der Waals surface area (Å²) in [6, 6.07) is 8.47. The molecule has 1 unspecified atom stereocenters. The Balaban J connectivity index is 1.79. The molecule has 0 saturated carbocycles. The van der Waals surface area contributed by atoms with E-state index in [1.807, 2.05) is 19.2 Å². The van der Waals surface area contributed by atoms with Crippen LogP contribution in [0.4, 0.5) is 0 Å². The van der Waals surface area contributed by atoms with Gasteiger partial charge in [0.2, 0.25) is 0 Å². The first-order valence-electron chi connectivity index (χ1n) is 6.62. The average Bonchev–Trinajstić information content (AvgIpc) is 2.72. The van der Waals surface area contributed by atoms with Crippen LogP contribution < -0.4 is 0 Å². The van der Waals surface area contributed by atoms with Gasteiger partial charge in [-0.25, -0.2) is 8.42 Å². The van der Waals surface area contributed by atoms with Crippen molar-refractivity contribution in [3.05, 3.63) is 34.3 Å². The normalized spacial score (nSPS) is 21.9. The molecular formula is C14H20BrNO2S. The average molecular weight is 346 g/mol. The van der Waals surface area contributed by atoms with Crippen molar-refractivity contribution in [2.75, 3.05) is 25.1 Å². The molecule has 106 valence electrons. The molecule has 2 rings (SSSR count). The lowest BCUT2D eigenvalue weighted by Gasteiger charge is -2.22. The van der Waals surface area contributed by atoms with Crippen LogP contribution in [0.25, 0.3) is 0 Å². The summed E-state index contributed by atoms with van der Waals surface area (Å²) in [6.07, 6.45) is 2.86. The highest BCUT2D eigenvalue weighted by Crippen LogP contribution is 2.19. The fourth-order valence-corrected chi connectivity index (χ4v) is 4.81. The lowest BCUT2D eigenvalue weighted by molar-refractivity contribution is 0.259. The van der Waals surface area contributed by atoms with Crippen molar-refractivity contribution < 1.29 is 8.42 Å². The predicted molar refractivity (Wildman–Crippen MR) is 82.2 cm³/mol. The summed E-state index contributed by atoms with van der Waals surface area (Å²) in [7, 11) is -0.740. The SMILES string of the molecule is CN(CCCc1ccccc1Br)C1CCS(=O)(=O)C1. The summed E-state index contributed by atoms with van der Waals surface area (Å²) in [5, 5.41) is 0. The van der Waals surface area contributed by atoms with Gasteiger partial charge in [-0.1, -0.05) is 34.1 Å². The molecule has 0 radical (unpaired) electrons. The van der Waals surface area contributed by atoms with Gasteiger partial charge in [0.1, 0.15) is 0 Å². The number of nitrogens with zero attached hydrogens (tertiary/aromatic N) is 1. The smallest absolute Gasteiger partial charge is 0.151 e. The van der Waals surface area contributed by atoms with Crippen LogP contribution in [0.15, 0.2) is 28.7 Å². The summed E-state index contributed by atoms with van der Waals surface area (Å²) in [5.41, 5.74) is 1.31. The second kappa shape index (κ2) is 6.37. The van der Waals surface area contributed by atoms with Crippen molar-refractivity contribution >= 4 is 25.8 Å². The summed E-state index contributed by atoms with van der Waals surface area (Å²) in [4.78, 5) is 2.20. The van der Waals surface area contributed by atoms with E-state index in [-0.39, 0.29) is 6.04 Å². The minimum absolute atomic E-state index is 0.212. The van der Waals surface area contributed by atoms with Crippen molar-refractivity contribution in [2.45, 2.75) is 25.3 Å². The third-order valence-electron chi connectivity index (χ3n) is 3.75. The van der Waals surface area contributed by atoms with Gasteiger partial charge in [0.05, 0.1) is 11.5 Å². The molecule has 0 aromatic heterocycles. The van der Waals surface area contributed by atoms with Crippen molar-refractivity contribution in [1.29, 1.82) is 0 Å². The quantitative estimate of drug-likeness (QED) is 0.822. The second-order valence-corrected chi connectivity index (χ2v) is 8.32. The first kappa shape index (κ1) is 15.0. The molecule has 5 heteroatoms. The van der Waals surface area contributed by atoms with Crippen LogP contribution in [0, 0.1) is 0 Å². The molecular weight excluding hydrogens is 326 g/mol. The van der Waals surface area contributed by atoms with Crippen LogP contribution in [0.2, 0.25) is 0 Å². The van der Waals surface area contributed by atoms with E-state index in [4.69, 9.17) is 0 Å². The number of halogens is 1. The molecule has 1 aromatic rings. The monoisotopic (exact) mass is 345 g/mol. The molecule has 1 saturated heterocycles. The Bertz CT molecular complexity index is 530. The molecule has 0 bridgehead atoms. The van der Waals surface area contributed by atoms with Crippen LogP contribution in [0.1, 0.15) is 18.4 Å². The van der Waals surface area contributed by atoms with Crippen LogP contribution in [-0.4, -0.2) is 44.5 Å². The van der Waals surface area contributed by atoms with E-state index < -0.39 is 9.84 Å². The lowest BCUT2D eigenvalue weighted by Crippen LogP contribution is -2.33. The molecule has 1 fully saturated rings. The van der Waals surface area contributed by atoms with Crippen LogP contribution >= 0.6 is 15.9 Å². The fourth-order valence-electron chi connectivity index (χ4n) is 2.53. The molecule has 1 aliphatic heterocycles. The van der Waals surface area contributed by atoms with E-state index >= 15 is 0 Å². The van der Waals surface area contributed by atoms with Gasteiger partial charge in [-0.15, -0.1) is 0 Å². The van der Waals surface area contributed by atoms with Gasteiger partial charge in [0.25, 0.3) is 0 Å². The Hall–Kier alpha value is -0.390. The molecule has 3 nitrogen and oxygen atoms in total. The zero-order valence-electron chi connectivity index (χ0n) is 11.2. The third-order valence-corrected chi connectivity index (χ3v) is 6.27. The van der Waals surface area contributed by atoms with Gasteiger partial charge in [-0.3, -0.25) is 0 Å². The van der Waals surface area contributed by atoms with Crippen molar-refractivity contribution in [3.63, 3.8) is 0 Å². The maximum Gasteiger partial charge on any atom is 0.151 e. The van der Waals surface area contributed by atoms with E-state index in [0.29, 0.717) is 11.5 Å². The first-order chi connectivity index (χ1) is 8.98. The highest BCUT2D eigenvalue weighted by atomic mass is 79.9. The molecule has 1 aromatic carbocycles. The fraction of sp³-hybridized carbons (Fsp3) is 0.571. The molecule has 19 heavy (non-hydrogen) atoms. The zero-order chi connectivity index (χ0) is 13.9. The summed E-state index contributed by atoms with van der Waals surface area (Å²) < 4.78 is 24.1. The molecule has 1 atom stereocenters. The Kier molecular flexibility index (Phi) is 5.03. The highest BCUT2D eigenvalue weighted by molar-refractivity contribution is 9.10. The van der Waals surface area contributed by atoms with E-state index in [9.17, 15) is 8.42 Å². The van der Waals surface area contributed by atoms with Crippen LogP contribution in [0.5, 0.6) is 0 Å². The first-order valence-corrected chi connectivity index (χ1v) is 9.23. The maximum absolute atomic E-state index is 11.5. The van der Waals surface area contributed by atoms with E-state index in [1.54, 1.807) is 0 Å². The van der Waals surface area contributed by atoms with Crippen molar-refractivity contribution in [1.82, 2.24) is 4.90 Å². The Morgan fingerprint density at radius 2 is 2.11 bits per heavy atom. The third kappa shape index (κ3) is 4.29. The van der Waals surface area contributed by atoms with Crippen LogP contribution in [-0.2, 0) is 16.3 Å². The van der Waals surface area contributed by atoms with Crippen molar-refractivity contribution in [3.8, 4) is 0 Å². The number of aryl methyl sites for hydroxylation is 1. The standard InChI is InChI=1S/C14H20BrNO2S/c1-16(13-8-10-19(17,18)11-13)9-4-6-12-5-2-3-7-14(12)15/h2-3,5,7,13H,4,6,8-11H2,1H3. The van der Waals surface area contributed by atoms with Gasteiger partial charge < -0.3 is 4.90 Å². The topological polar surface area (TPSA) is 37.4 Å². The molecule has 0 spiro atoms. The Morgan fingerprint density at radius 1 is 1.37 bits per heavy atom. The predicted octanol–water partition coefficient (Wildman–Crippen LogP) is 2.50. The molecule has 1 heterocycles. The van der Waals surface area contributed by atoms with E-state index in [1.165, 1.54) is 5.56 Å². The molecule has 0 N–H and O–H groups in total. The van der Waals surface area contributed by atoms with Gasteiger partial charge in [0, 0.05) is 10.5 Å². The second-order valence-electron chi connectivity index (χ2n) is 5.23. The Morgan fingerprint density at radius 3 is 2.74 bits per heavy atom. The van der Waals surface area contributed by atoms with Crippen molar-refractivity contribution in [2.24, 2.45) is 0 Å². The van der Waals surface area contributed by atoms with E-state index in [0.717, 1.165) is 30.3 Å². The van der Waals surface area contributed by atoms with Gasteiger partial charge >= 0.3 is 0 Å². The van der Waals surface area contributed by atoms with Gasteiger partial charge in [-0.2, -0.15) is 0 Å². The number of hydrogen-bond acceptors (Lipinski definition) is 3. The van der Waals surface area contributed by atoms with Crippen LogP contribution in [0.3, 0.4) is 0 Å². The molecule has 1 aliphatic rings. The summed E-state index contributed by atoms with van der Waals surface area (Å²) in [6.45, 7) is 0.946. The van der Waals surface area contributed by atoms with E-state index in [2.05, 4.69) is 33.0 Å². The summed E-state index contributed by atoms with van der Waals surface area (Å²) >= 11 is 3.55.